The van der Waals surface area contributed by atoms with Crippen LogP contribution in [0.3, 0.4) is 0 Å². The fourth-order valence-electron chi connectivity index (χ4n) is 2.30. The van der Waals surface area contributed by atoms with Crippen LogP contribution in [0.1, 0.15) is 5.56 Å². The molecule has 1 heterocycles. The van der Waals surface area contributed by atoms with E-state index in [2.05, 4.69) is 4.98 Å². The van der Waals surface area contributed by atoms with Gasteiger partial charge in [-0.1, -0.05) is 0 Å². The molecule has 0 bridgehead atoms. The number of ether oxygens (including phenoxy) is 2. The van der Waals surface area contributed by atoms with E-state index in [-0.39, 0.29) is 0 Å². The Balaban J connectivity index is 2.14. The number of aromatic nitrogens is 1. The van der Waals surface area contributed by atoms with Gasteiger partial charge < -0.3 is 19.6 Å². The molecule has 0 saturated carbocycles. The van der Waals surface area contributed by atoms with Crippen molar-refractivity contribution in [3.63, 3.8) is 0 Å². The van der Waals surface area contributed by atoms with Crippen molar-refractivity contribution in [3.05, 3.63) is 35.9 Å². The molecule has 108 valence electrons. The van der Waals surface area contributed by atoms with E-state index in [1.54, 1.807) is 14.2 Å². The third-order valence-electron chi connectivity index (χ3n) is 3.29. The lowest BCUT2D eigenvalue weighted by molar-refractivity contribution is 0.355. The van der Waals surface area contributed by atoms with E-state index in [4.69, 9.17) is 19.6 Å². The minimum atomic E-state index is 0.503. The van der Waals surface area contributed by atoms with Crippen molar-refractivity contribution in [2.24, 2.45) is 0 Å². The number of hydrogen-bond donors (Lipinski definition) is 1. The lowest BCUT2D eigenvalue weighted by Gasteiger charge is -2.07. The van der Waals surface area contributed by atoms with E-state index in [1.807, 2.05) is 37.3 Å². The highest BCUT2D eigenvalue weighted by molar-refractivity contribution is 5.87. The van der Waals surface area contributed by atoms with Gasteiger partial charge in [0.2, 0.25) is 5.89 Å². The van der Waals surface area contributed by atoms with Gasteiger partial charge in [0.15, 0.2) is 17.1 Å². The summed E-state index contributed by atoms with van der Waals surface area (Å²) in [5, 5.41) is 0. The maximum atomic E-state index is 5.97. The average molecular weight is 284 g/mol. The number of fused-ring (bicyclic) bond motifs is 1. The summed E-state index contributed by atoms with van der Waals surface area (Å²) >= 11 is 0. The molecule has 21 heavy (non-hydrogen) atoms. The van der Waals surface area contributed by atoms with Crippen molar-refractivity contribution < 1.29 is 13.9 Å². The smallest absolute Gasteiger partial charge is 0.227 e. The highest BCUT2D eigenvalue weighted by Crippen LogP contribution is 2.34. The topological polar surface area (TPSA) is 70.5 Å². The predicted octanol–water partition coefficient (Wildman–Crippen LogP) is 3.40. The molecule has 2 N–H and O–H groups in total. The van der Waals surface area contributed by atoms with Gasteiger partial charge in [-0.05, 0) is 42.8 Å². The van der Waals surface area contributed by atoms with Crippen LogP contribution in [0.2, 0.25) is 0 Å². The second kappa shape index (κ2) is 5.01. The van der Waals surface area contributed by atoms with E-state index < -0.39 is 0 Å². The molecule has 0 aliphatic heterocycles. The molecule has 0 aliphatic rings. The number of aryl methyl sites for hydroxylation is 1. The van der Waals surface area contributed by atoms with Gasteiger partial charge in [-0.15, -0.1) is 0 Å². The summed E-state index contributed by atoms with van der Waals surface area (Å²) in [6, 6.07) is 9.32. The van der Waals surface area contributed by atoms with Crippen molar-refractivity contribution in [2.75, 3.05) is 20.0 Å². The van der Waals surface area contributed by atoms with Crippen LogP contribution >= 0.6 is 0 Å². The molecule has 3 aromatic rings. The molecular formula is C16H16N2O3. The molecule has 0 saturated heterocycles. The molecular weight excluding hydrogens is 268 g/mol. The quantitative estimate of drug-likeness (QED) is 0.746. The van der Waals surface area contributed by atoms with Gasteiger partial charge in [-0.25, -0.2) is 4.98 Å². The predicted molar refractivity (Wildman–Crippen MR) is 81.7 cm³/mol. The summed E-state index contributed by atoms with van der Waals surface area (Å²) in [5.74, 6) is 1.79. The van der Waals surface area contributed by atoms with Crippen LogP contribution < -0.4 is 15.2 Å². The molecule has 0 radical (unpaired) electrons. The first-order valence-electron chi connectivity index (χ1n) is 6.51. The van der Waals surface area contributed by atoms with Crippen molar-refractivity contribution in [1.82, 2.24) is 4.98 Å². The number of nitrogens with two attached hydrogens (primary N) is 1. The summed E-state index contributed by atoms with van der Waals surface area (Å²) in [4.78, 5) is 4.49. The van der Waals surface area contributed by atoms with Crippen LogP contribution in [0.25, 0.3) is 22.6 Å². The number of benzene rings is 2. The Morgan fingerprint density at radius 2 is 1.81 bits per heavy atom. The van der Waals surface area contributed by atoms with Gasteiger partial charge in [-0.3, -0.25) is 0 Å². The minimum absolute atomic E-state index is 0.503. The second-order valence-electron chi connectivity index (χ2n) is 4.79. The Morgan fingerprint density at radius 1 is 1.05 bits per heavy atom. The number of oxazole rings is 1. The van der Waals surface area contributed by atoms with Crippen molar-refractivity contribution in [2.45, 2.75) is 6.92 Å². The molecule has 0 fully saturated rings. The number of nitrogen functional groups attached to an aromatic ring is 1. The van der Waals surface area contributed by atoms with Gasteiger partial charge in [0.1, 0.15) is 5.52 Å². The molecule has 0 spiro atoms. The first-order chi connectivity index (χ1) is 10.1. The summed E-state index contributed by atoms with van der Waals surface area (Å²) in [7, 11) is 3.19. The molecule has 2 aromatic carbocycles. The Morgan fingerprint density at radius 3 is 2.52 bits per heavy atom. The normalized spacial score (nSPS) is 10.8. The van der Waals surface area contributed by atoms with Crippen molar-refractivity contribution in [1.29, 1.82) is 0 Å². The highest BCUT2D eigenvalue weighted by Gasteiger charge is 2.13. The Hall–Kier alpha value is -2.69. The molecule has 3 rings (SSSR count). The molecule has 1 aromatic heterocycles. The average Bonchev–Trinajstić information content (AvgIpc) is 2.90. The van der Waals surface area contributed by atoms with Crippen LogP contribution in [0, 0.1) is 6.92 Å². The molecule has 0 aliphatic carbocycles. The summed E-state index contributed by atoms with van der Waals surface area (Å²) in [5.41, 5.74) is 9.76. The monoisotopic (exact) mass is 284 g/mol. The zero-order valence-corrected chi connectivity index (χ0v) is 12.1. The third kappa shape index (κ3) is 2.27. The summed E-state index contributed by atoms with van der Waals surface area (Å²) in [6.45, 7) is 1.97. The lowest BCUT2D eigenvalue weighted by atomic mass is 10.2. The van der Waals surface area contributed by atoms with E-state index >= 15 is 0 Å². The lowest BCUT2D eigenvalue weighted by Crippen LogP contribution is -1.90. The number of methoxy groups -OCH3 is 2. The van der Waals surface area contributed by atoms with Gasteiger partial charge >= 0.3 is 0 Å². The van der Waals surface area contributed by atoms with Gasteiger partial charge in [0, 0.05) is 5.56 Å². The summed E-state index contributed by atoms with van der Waals surface area (Å²) in [6.07, 6.45) is 0. The zero-order valence-electron chi connectivity index (χ0n) is 12.1. The third-order valence-corrected chi connectivity index (χ3v) is 3.29. The standard InChI is InChI=1S/C16H16N2O3/c1-9-6-11(17)15-12(7-9)18-16(21-15)10-4-5-13(19-2)14(8-10)20-3/h4-8H,17H2,1-3H3. The molecule has 0 unspecified atom stereocenters. The minimum Gasteiger partial charge on any atom is -0.493 e. The maximum absolute atomic E-state index is 5.97. The second-order valence-corrected chi connectivity index (χ2v) is 4.79. The first-order valence-corrected chi connectivity index (χ1v) is 6.51. The van der Waals surface area contributed by atoms with Crippen LogP contribution in [0.5, 0.6) is 11.5 Å². The fraction of sp³-hybridized carbons (Fsp3) is 0.188. The van der Waals surface area contributed by atoms with E-state index in [1.165, 1.54) is 0 Å². The Bertz CT molecular complexity index is 809. The molecule has 5 heteroatoms. The zero-order chi connectivity index (χ0) is 15.0. The SMILES string of the molecule is COc1ccc(-c2nc3cc(C)cc(N)c3o2)cc1OC. The van der Waals surface area contributed by atoms with Crippen LogP contribution in [0.15, 0.2) is 34.7 Å². The highest BCUT2D eigenvalue weighted by atomic mass is 16.5. The largest absolute Gasteiger partial charge is 0.493 e. The van der Waals surface area contributed by atoms with Gasteiger partial charge in [-0.2, -0.15) is 0 Å². The Kier molecular flexibility index (Phi) is 3.17. The number of hydrogen-bond acceptors (Lipinski definition) is 5. The van der Waals surface area contributed by atoms with Crippen LogP contribution in [-0.4, -0.2) is 19.2 Å². The van der Waals surface area contributed by atoms with Gasteiger partial charge in [0.05, 0.1) is 19.9 Å². The van der Waals surface area contributed by atoms with E-state index in [0.717, 1.165) is 16.6 Å². The maximum Gasteiger partial charge on any atom is 0.227 e. The van der Waals surface area contributed by atoms with Crippen LogP contribution in [0.4, 0.5) is 5.69 Å². The van der Waals surface area contributed by atoms with E-state index in [0.29, 0.717) is 28.7 Å². The number of rotatable bonds is 3. The molecule has 0 atom stereocenters. The molecule has 5 nitrogen and oxygen atoms in total. The first kappa shape index (κ1) is 13.3. The van der Waals surface area contributed by atoms with Gasteiger partial charge in [0.25, 0.3) is 0 Å². The summed E-state index contributed by atoms with van der Waals surface area (Å²) < 4.78 is 16.3. The fourth-order valence-corrected chi connectivity index (χ4v) is 2.30. The van der Waals surface area contributed by atoms with Crippen LogP contribution in [-0.2, 0) is 0 Å². The van der Waals surface area contributed by atoms with Crippen molar-refractivity contribution in [3.8, 4) is 23.0 Å². The van der Waals surface area contributed by atoms with E-state index in [9.17, 15) is 0 Å². The Labute approximate surface area is 122 Å². The number of nitrogens with zero attached hydrogens (tertiary/aromatic N) is 1. The number of anilines is 1. The van der Waals surface area contributed by atoms with Crippen molar-refractivity contribution >= 4 is 16.8 Å². The molecule has 0 amide bonds.